The molecule has 0 unspecified atom stereocenters. The van der Waals surface area contributed by atoms with Gasteiger partial charge in [-0.25, -0.2) is 9.97 Å². The highest BCUT2D eigenvalue weighted by Crippen LogP contribution is 2.21. The lowest BCUT2D eigenvalue weighted by atomic mass is 9.99. The first-order chi connectivity index (χ1) is 14.2. The maximum absolute atomic E-state index is 4.60. The molecule has 1 aromatic heterocycles. The first-order valence-electron chi connectivity index (χ1n) is 11.3. The Hall–Kier alpha value is -2.14. The molecular weight excluding hydrogens is 358 g/mol. The van der Waals surface area contributed by atoms with E-state index in [2.05, 4.69) is 63.2 Å². The van der Waals surface area contributed by atoms with Crippen molar-refractivity contribution in [2.24, 2.45) is 11.8 Å². The minimum absolute atomic E-state index is 0.732. The van der Waals surface area contributed by atoms with Gasteiger partial charge in [0.1, 0.15) is 0 Å². The fraction of sp³-hybridized carbons (Fsp3) is 0.583. The molecule has 2 saturated heterocycles. The van der Waals surface area contributed by atoms with Crippen LogP contribution in [0.25, 0.3) is 0 Å². The second-order valence-corrected chi connectivity index (χ2v) is 9.09. The number of piperidine rings is 2. The molecule has 0 saturated carbocycles. The summed E-state index contributed by atoms with van der Waals surface area (Å²) in [7, 11) is 0. The van der Waals surface area contributed by atoms with Gasteiger partial charge in [0.15, 0.2) is 0 Å². The number of hydrogen-bond donors (Lipinski definition) is 1. The quantitative estimate of drug-likeness (QED) is 0.780. The molecule has 1 aromatic carbocycles. The molecule has 0 spiro atoms. The molecular formula is C24H35N5. The minimum Gasteiger partial charge on any atom is -0.381 e. The van der Waals surface area contributed by atoms with Crippen molar-refractivity contribution < 1.29 is 0 Å². The lowest BCUT2D eigenvalue weighted by Crippen LogP contribution is -2.35. The molecule has 0 aliphatic carbocycles. The van der Waals surface area contributed by atoms with Crippen LogP contribution < -0.4 is 10.2 Å². The molecule has 2 fully saturated rings. The molecule has 0 bridgehead atoms. The van der Waals surface area contributed by atoms with Crippen LogP contribution in [0.15, 0.2) is 36.7 Å². The number of nitrogens with zero attached hydrogens (tertiary/aromatic N) is 4. The van der Waals surface area contributed by atoms with E-state index in [1.165, 1.54) is 44.3 Å². The van der Waals surface area contributed by atoms with Gasteiger partial charge in [-0.3, -0.25) is 4.90 Å². The Bertz CT molecular complexity index is 750. The highest BCUT2D eigenvalue weighted by molar-refractivity contribution is 5.45. The molecule has 2 aliphatic heterocycles. The Morgan fingerprint density at radius 2 is 1.62 bits per heavy atom. The molecule has 2 aliphatic rings. The Labute approximate surface area is 175 Å². The average Bonchev–Trinajstić information content (AvgIpc) is 2.75. The summed E-state index contributed by atoms with van der Waals surface area (Å²) in [6, 6.07) is 8.87. The van der Waals surface area contributed by atoms with Crippen LogP contribution in [-0.2, 0) is 13.1 Å². The largest absolute Gasteiger partial charge is 0.381 e. The van der Waals surface area contributed by atoms with Crippen LogP contribution in [0.5, 0.6) is 0 Å². The minimum atomic E-state index is 0.732. The molecule has 1 N–H and O–H groups in total. The van der Waals surface area contributed by atoms with Crippen molar-refractivity contribution in [2.75, 3.05) is 36.4 Å². The van der Waals surface area contributed by atoms with E-state index >= 15 is 0 Å². The predicted molar refractivity (Wildman–Crippen MR) is 120 cm³/mol. The molecule has 2 aromatic rings. The van der Waals surface area contributed by atoms with E-state index in [1.807, 2.05) is 12.4 Å². The molecule has 156 valence electrons. The standard InChI is InChI=1S/C24H35N5/c1-19-9-12-28(13-10-19)18-21-5-7-23(8-6-21)25-14-22-15-26-24(27-16-22)29-11-3-4-20(2)17-29/h5-8,15-16,19-20,25H,3-4,9-14,17-18H2,1-2H3/t20-/m0/s1. The van der Waals surface area contributed by atoms with Gasteiger partial charge < -0.3 is 10.2 Å². The SMILES string of the molecule is CC1CCN(Cc2ccc(NCc3cnc(N4CCC[C@H](C)C4)nc3)cc2)CC1. The van der Waals surface area contributed by atoms with E-state index in [9.17, 15) is 0 Å². The zero-order chi connectivity index (χ0) is 20.1. The van der Waals surface area contributed by atoms with Crippen LogP contribution in [0.1, 0.15) is 50.7 Å². The Balaban J connectivity index is 1.25. The second-order valence-electron chi connectivity index (χ2n) is 9.09. The van der Waals surface area contributed by atoms with E-state index in [0.717, 1.165) is 55.2 Å². The summed E-state index contributed by atoms with van der Waals surface area (Å²) in [5.74, 6) is 2.49. The summed E-state index contributed by atoms with van der Waals surface area (Å²) in [5.41, 5.74) is 3.66. The Morgan fingerprint density at radius 3 is 2.31 bits per heavy atom. The van der Waals surface area contributed by atoms with Crippen molar-refractivity contribution in [1.29, 1.82) is 0 Å². The summed E-state index contributed by atoms with van der Waals surface area (Å²) in [6.07, 6.45) is 9.13. The lowest BCUT2D eigenvalue weighted by Gasteiger charge is -2.30. The zero-order valence-corrected chi connectivity index (χ0v) is 18.0. The third-order valence-corrected chi connectivity index (χ3v) is 6.36. The summed E-state index contributed by atoms with van der Waals surface area (Å²) in [5, 5.41) is 3.50. The number of rotatable bonds is 6. The van der Waals surface area contributed by atoms with Crippen LogP contribution in [0.2, 0.25) is 0 Å². The third kappa shape index (κ3) is 5.69. The monoisotopic (exact) mass is 393 g/mol. The highest BCUT2D eigenvalue weighted by atomic mass is 15.2. The fourth-order valence-electron chi connectivity index (χ4n) is 4.38. The molecule has 29 heavy (non-hydrogen) atoms. The molecule has 1 atom stereocenters. The second kappa shape index (κ2) is 9.57. The van der Waals surface area contributed by atoms with Crippen molar-refractivity contribution in [3.8, 4) is 0 Å². The first kappa shape index (κ1) is 20.1. The lowest BCUT2D eigenvalue weighted by molar-refractivity contribution is 0.185. The summed E-state index contributed by atoms with van der Waals surface area (Å²) < 4.78 is 0. The van der Waals surface area contributed by atoms with E-state index in [1.54, 1.807) is 0 Å². The Kier molecular flexibility index (Phi) is 6.65. The molecule has 4 rings (SSSR count). The molecule has 0 amide bonds. The van der Waals surface area contributed by atoms with Gasteiger partial charge in [0.05, 0.1) is 0 Å². The van der Waals surface area contributed by atoms with Crippen LogP contribution in [-0.4, -0.2) is 41.0 Å². The molecule has 5 nitrogen and oxygen atoms in total. The van der Waals surface area contributed by atoms with Crippen LogP contribution in [0.3, 0.4) is 0 Å². The van der Waals surface area contributed by atoms with Gasteiger partial charge >= 0.3 is 0 Å². The van der Waals surface area contributed by atoms with Gasteiger partial charge in [-0.15, -0.1) is 0 Å². The Morgan fingerprint density at radius 1 is 0.897 bits per heavy atom. The average molecular weight is 394 g/mol. The number of likely N-dealkylation sites (tertiary alicyclic amines) is 1. The predicted octanol–water partition coefficient (Wildman–Crippen LogP) is 4.56. The normalized spacial score (nSPS) is 21.3. The van der Waals surface area contributed by atoms with E-state index < -0.39 is 0 Å². The van der Waals surface area contributed by atoms with Gasteiger partial charge in [0, 0.05) is 49.8 Å². The van der Waals surface area contributed by atoms with Crippen LogP contribution in [0.4, 0.5) is 11.6 Å². The molecule has 5 heteroatoms. The zero-order valence-electron chi connectivity index (χ0n) is 18.0. The van der Waals surface area contributed by atoms with E-state index in [-0.39, 0.29) is 0 Å². The van der Waals surface area contributed by atoms with Gasteiger partial charge in [0.2, 0.25) is 5.95 Å². The van der Waals surface area contributed by atoms with Crippen molar-refractivity contribution >= 4 is 11.6 Å². The number of nitrogens with one attached hydrogen (secondary N) is 1. The van der Waals surface area contributed by atoms with Gasteiger partial charge in [-0.1, -0.05) is 26.0 Å². The highest BCUT2D eigenvalue weighted by Gasteiger charge is 2.18. The van der Waals surface area contributed by atoms with E-state index in [0.29, 0.717) is 0 Å². The van der Waals surface area contributed by atoms with Crippen molar-refractivity contribution in [2.45, 2.75) is 52.6 Å². The number of aromatic nitrogens is 2. The number of anilines is 2. The van der Waals surface area contributed by atoms with Gasteiger partial charge in [0.25, 0.3) is 0 Å². The van der Waals surface area contributed by atoms with Crippen molar-refractivity contribution in [1.82, 2.24) is 14.9 Å². The maximum atomic E-state index is 4.60. The van der Waals surface area contributed by atoms with Gasteiger partial charge in [-0.05, 0) is 68.3 Å². The summed E-state index contributed by atoms with van der Waals surface area (Å²) in [6.45, 7) is 11.1. The molecule has 3 heterocycles. The summed E-state index contributed by atoms with van der Waals surface area (Å²) in [4.78, 5) is 14.1. The van der Waals surface area contributed by atoms with Gasteiger partial charge in [-0.2, -0.15) is 0 Å². The summed E-state index contributed by atoms with van der Waals surface area (Å²) >= 11 is 0. The van der Waals surface area contributed by atoms with E-state index in [4.69, 9.17) is 0 Å². The van der Waals surface area contributed by atoms with Crippen LogP contribution in [0, 0.1) is 11.8 Å². The van der Waals surface area contributed by atoms with Crippen molar-refractivity contribution in [3.05, 3.63) is 47.8 Å². The topological polar surface area (TPSA) is 44.3 Å². The smallest absolute Gasteiger partial charge is 0.225 e. The number of hydrogen-bond acceptors (Lipinski definition) is 5. The van der Waals surface area contributed by atoms with Crippen molar-refractivity contribution in [3.63, 3.8) is 0 Å². The van der Waals surface area contributed by atoms with Crippen LogP contribution >= 0.6 is 0 Å². The number of benzene rings is 1. The maximum Gasteiger partial charge on any atom is 0.225 e. The molecule has 0 radical (unpaired) electrons. The first-order valence-corrected chi connectivity index (χ1v) is 11.3. The fourth-order valence-corrected chi connectivity index (χ4v) is 4.38. The third-order valence-electron chi connectivity index (χ3n) is 6.36.